The number of rotatable bonds is 5. The van der Waals surface area contributed by atoms with Crippen molar-refractivity contribution >= 4 is 0 Å². The largest absolute Gasteiger partial charge is 0.347 e. The van der Waals surface area contributed by atoms with E-state index >= 15 is 0 Å². The molecule has 0 aromatic carbocycles. The van der Waals surface area contributed by atoms with Crippen LogP contribution >= 0.6 is 0 Å². The van der Waals surface area contributed by atoms with E-state index in [1.807, 2.05) is 17.8 Å². The molecule has 6 nitrogen and oxygen atoms in total. The number of hydrogen-bond acceptors (Lipinski definition) is 4. The number of aromatic amines is 1. The zero-order chi connectivity index (χ0) is 11.4. The fourth-order valence-corrected chi connectivity index (χ4v) is 1.68. The van der Waals surface area contributed by atoms with Gasteiger partial charge in [-0.05, 0) is 6.42 Å². The topological polar surface area (TPSA) is 84.6 Å². The predicted octanol–water partition coefficient (Wildman–Crippen LogP) is 0.280. The molecule has 1 atom stereocenters. The van der Waals surface area contributed by atoms with Gasteiger partial charge in [-0.2, -0.15) is 0 Å². The molecule has 2 aromatic heterocycles. The molecular weight excluding hydrogens is 204 g/mol. The molecular formula is C10H16N6. The average molecular weight is 220 g/mol. The van der Waals surface area contributed by atoms with Crippen molar-refractivity contribution in [3.8, 4) is 0 Å². The van der Waals surface area contributed by atoms with Gasteiger partial charge in [0.1, 0.15) is 11.6 Å². The highest BCUT2D eigenvalue weighted by Gasteiger charge is 2.12. The lowest BCUT2D eigenvalue weighted by atomic mass is 10.1. The molecule has 0 saturated carbocycles. The lowest BCUT2D eigenvalue weighted by Crippen LogP contribution is -2.29. The fraction of sp³-hybridized carbons (Fsp3) is 0.400. The summed E-state index contributed by atoms with van der Waals surface area (Å²) in [7, 11) is 1.99. The van der Waals surface area contributed by atoms with Gasteiger partial charge in [-0.1, -0.05) is 0 Å². The first-order chi connectivity index (χ1) is 7.81. The first-order valence-electron chi connectivity index (χ1n) is 5.23. The van der Waals surface area contributed by atoms with Crippen molar-refractivity contribution in [1.29, 1.82) is 0 Å². The van der Waals surface area contributed by atoms with Gasteiger partial charge in [-0.25, -0.2) is 15.4 Å². The lowest BCUT2D eigenvalue weighted by Gasteiger charge is -2.12. The molecule has 86 valence electrons. The maximum atomic E-state index is 5.50. The molecule has 0 aliphatic heterocycles. The molecule has 0 amide bonds. The zero-order valence-electron chi connectivity index (χ0n) is 9.22. The van der Waals surface area contributed by atoms with Gasteiger partial charge >= 0.3 is 0 Å². The van der Waals surface area contributed by atoms with Crippen molar-refractivity contribution in [2.45, 2.75) is 18.9 Å². The van der Waals surface area contributed by atoms with E-state index in [9.17, 15) is 0 Å². The second kappa shape index (κ2) is 4.91. The summed E-state index contributed by atoms with van der Waals surface area (Å²) in [5, 5.41) is 0. The van der Waals surface area contributed by atoms with Crippen LogP contribution in [0.2, 0.25) is 0 Å². The third-order valence-corrected chi connectivity index (χ3v) is 2.63. The zero-order valence-corrected chi connectivity index (χ0v) is 9.22. The number of aryl methyl sites for hydroxylation is 2. The van der Waals surface area contributed by atoms with E-state index in [4.69, 9.17) is 5.84 Å². The van der Waals surface area contributed by atoms with E-state index in [-0.39, 0.29) is 6.04 Å². The van der Waals surface area contributed by atoms with Gasteiger partial charge in [0.25, 0.3) is 0 Å². The first-order valence-corrected chi connectivity index (χ1v) is 5.23. The highest BCUT2D eigenvalue weighted by Crippen LogP contribution is 2.13. The van der Waals surface area contributed by atoms with Crippen LogP contribution in [0.5, 0.6) is 0 Å². The van der Waals surface area contributed by atoms with Gasteiger partial charge in [0.05, 0.1) is 6.04 Å². The molecule has 6 heteroatoms. The Morgan fingerprint density at radius 2 is 2.38 bits per heavy atom. The van der Waals surface area contributed by atoms with Crippen molar-refractivity contribution in [2.24, 2.45) is 12.9 Å². The quantitative estimate of drug-likeness (QED) is 0.499. The molecule has 0 saturated heterocycles. The standard InChI is InChI=1S/C10H16N6/c1-16-7-6-12-9(16)3-2-8(15-11)10-13-4-5-14-10/h4-8,15H,2-3,11H2,1H3,(H,13,14). The number of nitrogens with zero attached hydrogens (tertiary/aromatic N) is 3. The van der Waals surface area contributed by atoms with Gasteiger partial charge < -0.3 is 9.55 Å². The molecule has 2 aromatic rings. The molecule has 1 unspecified atom stereocenters. The molecule has 0 aliphatic carbocycles. The minimum Gasteiger partial charge on any atom is -0.347 e. The molecule has 0 bridgehead atoms. The van der Waals surface area contributed by atoms with Gasteiger partial charge in [-0.15, -0.1) is 0 Å². The van der Waals surface area contributed by atoms with Crippen molar-refractivity contribution < 1.29 is 0 Å². The number of imidazole rings is 2. The number of nitrogens with two attached hydrogens (primary N) is 1. The Morgan fingerprint density at radius 1 is 1.50 bits per heavy atom. The van der Waals surface area contributed by atoms with Crippen molar-refractivity contribution in [1.82, 2.24) is 24.9 Å². The molecule has 0 radical (unpaired) electrons. The van der Waals surface area contributed by atoms with Gasteiger partial charge in [0, 0.05) is 38.3 Å². The first kappa shape index (κ1) is 10.8. The summed E-state index contributed by atoms with van der Waals surface area (Å²) >= 11 is 0. The maximum absolute atomic E-state index is 5.50. The lowest BCUT2D eigenvalue weighted by molar-refractivity contribution is 0.486. The van der Waals surface area contributed by atoms with Crippen LogP contribution in [0.15, 0.2) is 24.8 Å². The Kier molecular flexibility index (Phi) is 3.33. The summed E-state index contributed by atoms with van der Waals surface area (Å²) in [6, 6.07) is 0.0340. The molecule has 0 fully saturated rings. The van der Waals surface area contributed by atoms with Crippen LogP contribution in [-0.2, 0) is 13.5 Å². The van der Waals surface area contributed by atoms with E-state index in [2.05, 4.69) is 20.4 Å². The SMILES string of the molecule is Cn1ccnc1CCC(NN)c1ncc[nH]1. The minimum atomic E-state index is 0.0340. The van der Waals surface area contributed by atoms with Crippen molar-refractivity contribution in [3.05, 3.63) is 36.4 Å². The normalized spacial score (nSPS) is 12.9. The summed E-state index contributed by atoms with van der Waals surface area (Å²) in [4.78, 5) is 11.5. The third-order valence-electron chi connectivity index (χ3n) is 2.63. The maximum Gasteiger partial charge on any atom is 0.124 e. The number of nitrogens with one attached hydrogen (secondary N) is 2. The predicted molar refractivity (Wildman–Crippen MR) is 60.2 cm³/mol. The Morgan fingerprint density at radius 3 is 2.94 bits per heavy atom. The van der Waals surface area contributed by atoms with Crippen LogP contribution in [0.3, 0.4) is 0 Å². The number of H-pyrrole nitrogens is 1. The number of hydrogen-bond donors (Lipinski definition) is 3. The van der Waals surface area contributed by atoms with Crippen molar-refractivity contribution in [2.75, 3.05) is 0 Å². The van der Waals surface area contributed by atoms with Crippen LogP contribution in [0.4, 0.5) is 0 Å². The third kappa shape index (κ3) is 2.29. The monoisotopic (exact) mass is 220 g/mol. The van der Waals surface area contributed by atoms with Crippen molar-refractivity contribution in [3.63, 3.8) is 0 Å². The number of aromatic nitrogens is 4. The fourth-order valence-electron chi connectivity index (χ4n) is 1.68. The Labute approximate surface area is 93.9 Å². The highest BCUT2D eigenvalue weighted by molar-refractivity contribution is 4.98. The van der Waals surface area contributed by atoms with Crippen LogP contribution in [0, 0.1) is 0 Å². The van der Waals surface area contributed by atoms with Crippen LogP contribution in [-0.4, -0.2) is 19.5 Å². The van der Waals surface area contributed by atoms with E-state index in [0.717, 1.165) is 24.5 Å². The molecule has 0 aliphatic rings. The molecule has 4 N–H and O–H groups in total. The van der Waals surface area contributed by atoms with Gasteiger partial charge in [-0.3, -0.25) is 5.84 Å². The summed E-state index contributed by atoms with van der Waals surface area (Å²) in [5.41, 5.74) is 2.76. The second-order valence-electron chi connectivity index (χ2n) is 3.69. The van der Waals surface area contributed by atoms with E-state index in [1.54, 1.807) is 18.6 Å². The molecule has 16 heavy (non-hydrogen) atoms. The number of hydrazine groups is 1. The summed E-state index contributed by atoms with van der Waals surface area (Å²) in [6.45, 7) is 0. The van der Waals surface area contributed by atoms with Crippen LogP contribution in [0.1, 0.15) is 24.1 Å². The second-order valence-corrected chi connectivity index (χ2v) is 3.69. The molecule has 2 heterocycles. The summed E-state index contributed by atoms with van der Waals surface area (Å²) in [6.07, 6.45) is 8.97. The average Bonchev–Trinajstić information content (AvgIpc) is 2.92. The summed E-state index contributed by atoms with van der Waals surface area (Å²) < 4.78 is 2.01. The highest BCUT2D eigenvalue weighted by atomic mass is 15.2. The van der Waals surface area contributed by atoms with Gasteiger partial charge in [0.2, 0.25) is 0 Å². The molecule has 2 rings (SSSR count). The Hall–Kier alpha value is -1.66. The summed E-state index contributed by atoms with van der Waals surface area (Å²) in [5.74, 6) is 7.41. The van der Waals surface area contributed by atoms with E-state index in [1.165, 1.54) is 0 Å². The van der Waals surface area contributed by atoms with Crippen LogP contribution < -0.4 is 11.3 Å². The smallest absolute Gasteiger partial charge is 0.124 e. The van der Waals surface area contributed by atoms with Gasteiger partial charge in [0.15, 0.2) is 0 Å². The van der Waals surface area contributed by atoms with Crippen LogP contribution in [0.25, 0.3) is 0 Å². The van der Waals surface area contributed by atoms with E-state index in [0.29, 0.717) is 0 Å². The Bertz CT molecular complexity index is 418. The molecule has 0 spiro atoms. The minimum absolute atomic E-state index is 0.0340. The Balaban J connectivity index is 1.96. The van der Waals surface area contributed by atoms with E-state index < -0.39 is 0 Å².